The van der Waals surface area contributed by atoms with Crippen molar-refractivity contribution >= 4 is 26.5 Å². The third-order valence-electron chi connectivity index (χ3n) is 6.44. The second kappa shape index (κ2) is 8.44. The molecule has 4 rings (SSSR count). The van der Waals surface area contributed by atoms with E-state index in [0.29, 0.717) is 6.42 Å². The first-order valence-corrected chi connectivity index (χ1v) is 12.5. The molecule has 0 aromatic heterocycles. The molecule has 1 amide bonds. The number of nitrogens with one attached hydrogen (secondary N) is 1. The first-order valence-electron chi connectivity index (χ1n) is 10.7. The van der Waals surface area contributed by atoms with Crippen molar-refractivity contribution < 1.29 is 13.2 Å². The fourth-order valence-corrected chi connectivity index (χ4v) is 6.52. The Morgan fingerprint density at radius 1 is 1.07 bits per heavy atom. The number of rotatable bonds is 6. The van der Waals surface area contributed by atoms with Gasteiger partial charge in [0, 0.05) is 18.1 Å². The molecule has 2 fully saturated rings. The summed E-state index contributed by atoms with van der Waals surface area (Å²) in [6.07, 6.45) is 4.79. The summed E-state index contributed by atoms with van der Waals surface area (Å²) in [6, 6.07) is 14.7. The Morgan fingerprint density at radius 2 is 1.79 bits per heavy atom. The monoisotopic (exact) mass is 414 g/mol. The molecule has 1 saturated carbocycles. The molecule has 1 aliphatic carbocycles. The van der Waals surface area contributed by atoms with Crippen molar-refractivity contribution in [2.24, 2.45) is 0 Å². The maximum atomic E-state index is 13.1. The summed E-state index contributed by atoms with van der Waals surface area (Å²) in [5.41, 5.74) is 1.15. The van der Waals surface area contributed by atoms with E-state index in [2.05, 4.69) is 42.6 Å². The summed E-state index contributed by atoms with van der Waals surface area (Å²) in [5.74, 6) is 0.358. The van der Waals surface area contributed by atoms with E-state index in [1.807, 2.05) is 17.0 Å². The van der Waals surface area contributed by atoms with E-state index in [1.165, 1.54) is 10.8 Å². The highest BCUT2D eigenvalue weighted by Gasteiger charge is 2.38. The van der Waals surface area contributed by atoms with Gasteiger partial charge in [0.05, 0.1) is 18.1 Å². The van der Waals surface area contributed by atoms with E-state index in [1.54, 1.807) is 0 Å². The van der Waals surface area contributed by atoms with E-state index in [9.17, 15) is 13.2 Å². The zero-order chi connectivity index (χ0) is 20.4. The maximum absolute atomic E-state index is 13.1. The lowest BCUT2D eigenvalue weighted by molar-refractivity contribution is -0.134. The summed E-state index contributed by atoms with van der Waals surface area (Å²) in [5, 5.41) is 5.76. The normalized spacial score (nSPS) is 22.7. The molecule has 29 heavy (non-hydrogen) atoms. The molecule has 2 aromatic carbocycles. The lowest BCUT2D eigenvalue weighted by Crippen LogP contribution is -2.50. The van der Waals surface area contributed by atoms with Gasteiger partial charge in [-0.15, -0.1) is 0 Å². The lowest BCUT2D eigenvalue weighted by Gasteiger charge is -2.34. The zero-order valence-electron chi connectivity index (χ0n) is 17.0. The van der Waals surface area contributed by atoms with E-state index >= 15 is 0 Å². The van der Waals surface area contributed by atoms with E-state index < -0.39 is 9.84 Å². The van der Waals surface area contributed by atoms with Crippen molar-refractivity contribution in [2.75, 3.05) is 18.1 Å². The van der Waals surface area contributed by atoms with Crippen LogP contribution in [0.5, 0.6) is 0 Å². The van der Waals surface area contributed by atoms with Crippen LogP contribution >= 0.6 is 0 Å². The van der Waals surface area contributed by atoms with Crippen molar-refractivity contribution in [2.45, 2.75) is 57.2 Å². The number of carbonyl (C=O) groups excluding carboxylic acids is 1. The standard InChI is InChI=1S/C23H30N2O3S/c1-17(19-11-10-18-6-2-3-7-20(18)14-19)24-15-23(26)25(21-8-4-5-9-21)22-12-13-29(27,28)16-22/h2-3,6-7,10-11,14,17,21-22,24H,4-5,8-9,12-13,15-16H2,1H3/t17-,22+/m1/s1. The van der Waals surface area contributed by atoms with Crippen molar-refractivity contribution in [3.05, 3.63) is 48.0 Å². The van der Waals surface area contributed by atoms with Gasteiger partial charge in [-0.25, -0.2) is 8.42 Å². The Balaban J connectivity index is 1.44. The first-order chi connectivity index (χ1) is 13.9. The maximum Gasteiger partial charge on any atom is 0.237 e. The SMILES string of the molecule is C[C@@H](NCC(=O)N(C1CCCC1)[C@H]1CCS(=O)(=O)C1)c1ccc2ccccc2c1. The highest BCUT2D eigenvalue weighted by Crippen LogP contribution is 2.29. The van der Waals surface area contributed by atoms with Crippen LogP contribution in [0.4, 0.5) is 0 Å². The van der Waals surface area contributed by atoms with Gasteiger partial charge in [0.1, 0.15) is 0 Å². The summed E-state index contributed by atoms with van der Waals surface area (Å²) < 4.78 is 24.0. The lowest BCUT2D eigenvalue weighted by atomic mass is 10.0. The number of amides is 1. The second-order valence-electron chi connectivity index (χ2n) is 8.51. The Bertz CT molecular complexity index is 983. The van der Waals surface area contributed by atoms with E-state index in [4.69, 9.17) is 0 Å². The molecule has 5 nitrogen and oxygen atoms in total. The smallest absolute Gasteiger partial charge is 0.237 e. The predicted molar refractivity (Wildman–Crippen MR) is 117 cm³/mol. The molecule has 6 heteroatoms. The fourth-order valence-electron chi connectivity index (χ4n) is 4.81. The predicted octanol–water partition coefficient (Wildman–Crippen LogP) is 3.45. The number of fused-ring (bicyclic) bond motifs is 1. The molecule has 2 aromatic rings. The summed E-state index contributed by atoms with van der Waals surface area (Å²) in [4.78, 5) is 15.1. The number of nitrogens with zero attached hydrogens (tertiary/aromatic N) is 1. The van der Waals surface area contributed by atoms with Crippen LogP contribution in [-0.4, -0.2) is 49.4 Å². The molecule has 0 radical (unpaired) electrons. The molecule has 1 heterocycles. The van der Waals surface area contributed by atoms with E-state index in [0.717, 1.165) is 31.2 Å². The topological polar surface area (TPSA) is 66.5 Å². The highest BCUT2D eigenvalue weighted by molar-refractivity contribution is 7.91. The number of sulfone groups is 1. The van der Waals surface area contributed by atoms with Crippen LogP contribution in [0.15, 0.2) is 42.5 Å². The molecule has 0 unspecified atom stereocenters. The van der Waals surface area contributed by atoms with Gasteiger partial charge in [0.2, 0.25) is 5.91 Å². The number of carbonyl (C=O) groups is 1. The Morgan fingerprint density at radius 3 is 2.48 bits per heavy atom. The summed E-state index contributed by atoms with van der Waals surface area (Å²) >= 11 is 0. The molecule has 0 spiro atoms. The zero-order valence-corrected chi connectivity index (χ0v) is 17.8. The Kier molecular flexibility index (Phi) is 5.93. The van der Waals surface area contributed by atoms with Crippen LogP contribution in [0.1, 0.15) is 50.6 Å². The van der Waals surface area contributed by atoms with Gasteiger partial charge in [0.15, 0.2) is 9.84 Å². The molecular formula is C23H30N2O3S. The average Bonchev–Trinajstić information content (AvgIpc) is 3.36. The van der Waals surface area contributed by atoms with Crippen LogP contribution < -0.4 is 5.32 Å². The molecule has 1 aliphatic heterocycles. The highest BCUT2D eigenvalue weighted by atomic mass is 32.2. The minimum Gasteiger partial charge on any atom is -0.335 e. The van der Waals surface area contributed by atoms with Crippen LogP contribution in [0, 0.1) is 0 Å². The molecule has 0 bridgehead atoms. The largest absolute Gasteiger partial charge is 0.335 e. The van der Waals surface area contributed by atoms with Crippen molar-refractivity contribution in [1.29, 1.82) is 0 Å². The quantitative estimate of drug-likeness (QED) is 0.786. The number of benzene rings is 2. The van der Waals surface area contributed by atoms with Crippen molar-refractivity contribution in [3.8, 4) is 0 Å². The van der Waals surface area contributed by atoms with Crippen molar-refractivity contribution in [3.63, 3.8) is 0 Å². The van der Waals surface area contributed by atoms with E-state index in [-0.39, 0.29) is 42.1 Å². The van der Waals surface area contributed by atoms with Gasteiger partial charge in [-0.05, 0) is 48.6 Å². The minimum absolute atomic E-state index is 0.0339. The van der Waals surface area contributed by atoms with Gasteiger partial charge < -0.3 is 10.2 Å². The third kappa shape index (κ3) is 4.64. The number of hydrogen-bond donors (Lipinski definition) is 1. The minimum atomic E-state index is -3.01. The van der Waals surface area contributed by atoms with Gasteiger partial charge in [-0.2, -0.15) is 0 Å². The van der Waals surface area contributed by atoms with Crippen LogP contribution in [0.2, 0.25) is 0 Å². The first kappa shape index (κ1) is 20.4. The Hall–Kier alpha value is -1.92. The third-order valence-corrected chi connectivity index (χ3v) is 8.19. The molecule has 1 saturated heterocycles. The van der Waals surface area contributed by atoms with Crippen LogP contribution in [-0.2, 0) is 14.6 Å². The summed E-state index contributed by atoms with van der Waals surface area (Å²) in [7, 11) is -3.01. The second-order valence-corrected chi connectivity index (χ2v) is 10.7. The van der Waals surface area contributed by atoms with Gasteiger partial charge in [-0.1, -0.05) is 49.2 Å². The van der Waals surface area contributed by atoms with Gasteiger partial charge in [-0.3, -0.25) is 4.79 Å². The average molecular weight is 415 g/mol. The van der Waals surface area contributed by atoms with Gasteiger partial charge >= 0.3 is 0 Å². The molecule has 1 N–H and O–H groups in total. The molecule has 2 aliphatic rings. The molecular weight excluding hydrogens is 384 g/mol. The summed E-state index contributed by atoms with van der Waals surface area (Å²) in [6.45, 7) is 2.30. The fraction of sp³-hybridized carbons (Fsp3) is 0.522. The molecule has 156 valence electrons. The number of hydrogen-bond acceptors (Lipinski definition) is 4. The van der Waals surface area contributed by atoms with Crippen LogP contribution in [0.3, 0.4) is 0 Å². The Labute approximate surface area is 173 Å². The van der Waals surface area contributed by atoms with Crippen molar-refractivity contribution in [1.82, 2.24) is 10.2 Å². The van der Waals surface area contributed by atoms with Gasteiger partial charge in [0.25, 0.3) is 0 Å². The van der Waals surface area contributed by atoms with Crippen LogP contribution in [0.25, 0.3) is 10.8 Å². The molecule has 2 atom stereocenters.